The summed E-state index contributed by atoms with van der Waals surface area (Å²) in [4.78, 5) is 0. The number of hydrogen-bond donors (Lipinski definition) is 1. The molecule has 3 heteroatoms. The Morgan fingerprint density at radius 3 is 2.73 bits per heavy atom. The van der Waals surface area contributed by atoms with Gasteiger partial charge in [0.1, 0.15) is 5.82 Å². The van der Waals surface area contributed by atoms with Crippen molar-refractivity contribution in [2.24, 2.45) is 5.92 Å². The van der Waals surface area contributed by atoms with Crippen molar-refractivity contribution in [3.63, 3.8) is 0 Å². The van der Waals surface area contributed by atoms with E-state index in [2.05, 4.69) is 12.2 Å². The Labute approximate surface area is 89.4 Å². The van der Waals surface area contributed by atoms with E-state index >= 15 is 0 Å². The first-order chi connectivity index (χ1) is 7.25. The number of halogens is 1. The molecule has 82 valence electrons. The van der Waals surface area contributed by atoms with Crippen LogP contribution in [0.1, 0.15) is 13.3 Å². The zero-order valence-corrected chi connectivity index (χ0v) is 8.87. The standard InChI is InChI=1S/C12H16FNO/c1-9(10-6-7-15-8-10)14-12-4-2-11(13)3-5-12/h2-5,9-10,14H,6-8H2,1H3. The molecular weight excluding hydrogens is 193 g/mol. The van der Waals surface area contributed by atoms with E-state index in [1.165, 1.54) is 12.1 Å². The minimum absolute atomic E-state index is 0.197. The van der Waals surface area contributed by atoms with Gasteiger partial charge in [0.2, 0.25) is 0 Å². The normalized spacial score (nSPS) is 22.7. The SMILES string of the molecule is CC(Nc1ccc(F)cc1)C1CCOC1. The Hall–Kier alpha value is -1.09. The molecule has 2 atom stereocenters. The molecule has 1 aromatic carbocycles. The van der Waals surface area contributed by atoms with Gasteiger partial charge < -0.3 is 10.1 Å². The lowest BCUT2D eigenvalue weighted by Gasteiger charge is -2.20. The van der Waals surface area contributed by atoms with E-state index in [9.17, 15) is 4.39 Å². The lowest BCUT2D eigenvalue weighted by atomic mass is 10.0. The first-order valence-corrected chi connectivity index (χ1v) is 5.35. The van der Waals surface area contributed by atoms with Gasteiger partial charge in [0.05, 0.1) is 6.61 Å². The van der Waals surface area contributed by atoms with Crippen molar-refractivity contribution >= 4 is 5.69 Å². The molecule has 2 nitrogen and oxygen atoms in total. The van der Waals surface area contributed by atoms with Gasteiger partial charge in [-0.1, -0.05) is 0 Å². The third-order valence-corrected chi connectivity index (χ3v) is 2.91. The molecule has 1 N–H and O–H groups in total. The molecule has 0 bridgehead atoms. The Morgan fingerprint density at radius 2 is 2.13 bits per heavy atom. The number of nitrogens with one attached hydrogen (secondary N) is 1. The Balaban J connectivity index is 1.92. The van der Waals surface area contributed by atoms with Gasteiger partial charge in [-0.2, -0.15) is 0 Å². The summed E-state index contributed by atoms with van der Waals surface area (Å²) < 4.78 is 18.0. The molecule has 2 unspecified atom stereocenters. The van der Waals surface area contributed by atoms with Crippen molar-refractivity contribution in [3.05, 3.63) is 30.1 Å². The average molecular weight is 209 g/mol. The molecule has 1 aliphatic rings. The summed E-state index contributed by atoms with van der Waals surface area (Å²) in [6.45, 7) is 3.83. The smallest absolute Gasteiger partial charge is 0.123 e. The highest BCUT2D eigenvalue weighted by Crippen LogP contribution is 2.20. The quantitative estimate of drug-likeness (QED) is 0.826. The number of hydrogen-bond acceptors (Lipinski definition) is 2. The number of rotatable bonds is 3. The molecule has 0 amide bonds. The highest BCUT2D eigenvalue weighted by Gasteiger charge is 2.21. The van der Waals surface area contributed by atoms with Crippen molar-refractivity contribution < 1.29 is 9.13 Å². The first-order valence-electron chi connectivity index (χ1n) is 5.35. The predicted molar refractivity (Wildman–Crippen MR) is 58.4 cm³/mol. The van der Waals surface area contributed by atoms with E-state index in [0.29, 0.717) is 12.0 Å². The summed E-state index contributed by atoms with van der Waals surface area (Å²) in [6.07, 6.45) is 1.11. The lowest BCUT2D eigenvalue weighted by Crippen LogP contribution is -2.26. The Kier molecular flexibility index (Phi) is 3.21. The molecular formula is C12H16FNO. The summed E-state index contributed by atoms with van der Waals surface area (Å²) in [6, 6.07) is 6.85. The second kappa shape index (κ2) is 4.62. The third-order valence-electron chi connectivity index (χ3n) is 2.91. The maximum atomic E-state index is 12.7. The van der Waals surface area contributed by atoms with Gasteiger partial charge >= 0.3 is 0 Å². The molecule has 0 saturated carbocycles. The molecule has 1 saturated heterocycles. The van der Waals surface area contributed by atoms with Gasteiger partial charge in [-0.3, -0.25) is 0 Å². The summed E-state index contributed by atoms with van der Waals surface area (Å²) in [7, 11) is 0. The van der Waals surface area contributed by atoms with E-state index in [0.717, 1.165) is 25.3 Å². The van der Waals surface area contributed by atoms with Crippen LogP contribution in [0.3, 0.4) is 0 Å². The average Bonchev–Trinajstić information content (AvgIpc) is 2.74. The molecule has 0 aliphatic carbocycles. The van der Waals surface area contributed by atoms with E-state index in [4.69, 9.17) is 4.74 Å². The lowest BCUT2D eigenvalue weighted by molar-refractivity contribution is 0.183. The van der Waals surface area contributed by atoms with Crippen LogP contribution in [0.15, 0.2) is 24.3 Å². The molecule has 1 heterocycles. The Bertz CT molecular complexity index is 306. The first kappa shape index (κ1) is 10.4. The summed E-state index contributed by atoms with van der Waals surface area (Å²) in [5, 5.41) is 3.36. The van der Waals surface area contributed by atoms with Crippen LogP contribution < -0.4 is 5.32 Å². The largest absolute Gasteiger partial charge is 0.382 e. The van der Waals surface area contributed by atoms with E-state index < -0.39 is 0 Å². The maximum absolute atomic E-state index is 12.7. The van der Waals surface area contributed by atoms with Crippen LogP contribution in [0.4, 0.5) is 10.1 Å². The van der Waals surface area contributed by atoms with Crippen LogP contribution in [0.5, 0.6) is 0 Å². The second-order valence-corrected chi connectivity index (χ2v) is 4.06. The summed E-state index contributed by atoms with van der Waals surface area (Å²) in [5.74, 6) is 0.368. The van der Waals surface area contributed by atoms with Gasteiger partial charge in [0.15, 0.2) is 0 Å². The fraction of sp³-hybridized carbons (Fsp3) is 0.500. The van der Waals surface area contributed by atoms with Crippen LogP contribution in [0.25, 0.3) is 0 Å². The maximum Gasteiger partial charge on any atom is 0.123 e. The number of anilines is 1. The van der Waals surface area contributed by atoms with Crippen molar-refractivity contribution in [2.45, 2.75) is 19.4 Å². The predicted octanol–water partition coefficient (Wildman–Crippen LogP) is 2.66. The highest BCUT2D eigenvalue weighted by atomic mass is 19.1. The van der Waals surface area contributed by atoms with Crippen molar-refractivity contribution in [2.75, 3.05) is 18.5 Å². The van der Waals surface area contributed by atoms with Crippen molar-refractivity contribution in [1.29, 1.82) is 0 Å². The zero-order chi connectivity index (χ0) is 10.7. The molecule has 1 aromatic rings. The van der Waals surface area contributed by atoms with Crippen LogP contribution in [-0.2, 0) is 4.74 Å². The van der Waals surface area contributed by atoms with Crippen molar-refractivity contribution in [3.8, 4) is 0 Å². The molecule has 15 heavy (non-hydrogen) atoms. The van der Waals surface area contributed by atoms with Gasteiger partial charge in [-0.15, -0.1) is 0 Å². The third kappa shape index (κ3) is 2.69. The van der Waals surface area contributed by atoms with E-state index in [-0.39, 0.29) is 5.82 Å². The van der Waals surface area contributed by atoms with Gasteiger partial charge in [0, 0.05) is 24.3 Å². The highest BCUT2D eigenvalue weighted by molar-refractivity contribution is 5.43. The topological polar surface area (TPSA) is 21.3 Å². The van der Waals surface area contributed by atoms with Crippen LogP contribution in [0.2, 0.25) is 0 Å². The van der Waals surface area contributed by atoms with Crippen molar-refractivity contribution in [1.82, 2.24) is 0 Å². The second-order valence-electron chi connectivity index (χ2n) is 4.06. The molecule has 0 spiro atoms. The molecule has 0 aromatic heterocycles. The summed E-state index contributed by atoms with van der Waals surface area (Å²) in [5.41, 5.74) is 0.968. The monoisotopic (exact) mass is 209 g/mol. The fourth-order valence-electron chi connectivity index (χ4n) is 1.87. The molecule has 1 aliphatic heterocycles. The van der Waals surface area contributed by atoms with Crippen LogP contribution in [0, 0.1) is 11.7 Å². The van der Waals surface area contributed by atoms with Crippen LogP contribution >= 0.6 is 0 Å². The zero-order valence-electron chi connectivity index (χ0n) is 8.87. The number of benzene rings is 1. The molecule has 2 rings (SSSR count). The summed E-state index contributed by atoms with van der Waals surface area (Å²) >= 11 is 0. The van der Waals surface area contributed by atoms with Gasteiger partial charge in [-0.25, -0.2) is 4.39 Å². The van der Waals surface area contributed by atoms with Gasteiger partial charge in [-0.05, 0) is 37.6 Å². The molecule has 1 fully saturated rings. The minimum Gasteiger partial charge on any atom is -0.382 e. The Morgan fingerprint density at radius 1 is 1.40 bits per heavy atom. The van der Waals surface area contributed by atoms with E-state index in [1.54, 1.807) is 12.1 Å². The molecule has 0 radical (unpaired) electrons. The minimum atomic E-state index is -0.197. The fourth-order valence-corrected chi connectivity index (χ4v) is 1.87. The van der Waals surface area contributed by atoms with Gasteiger partial charge in [0.25, 0.3) is 0 Å². The van der Waals surface area contributed by atoms with Crippen LogP contribution in [-0.4, -0.2) is 19.3 Å². The van der Waals surface area contributed by atoms with E-state index in [1.807, 2.05) is 0 Å². The number of ether oxygens (including phenoxy) is 1.